The molecule has 0 aliphatic heterocycles. The number of carbonyl (C=O) groups is 2. The van der Waals surface area contributed by atoms with Crippen LogP contribution in [0.25, 0.3) is 0 Å². The number of sulfonamides is 1. The van der Waals surface area contributed by atoms with Crippen LogP contribution in [0, 0.1) is 11.6 Å². The van der Waals surface area contributed by atoms with E-state index in [1.54, 1.807) is 4.90 Å². The van der Waals surface area contributed by atoms with Gasteiger partial charge >= 0.3 is 0 Å². The maximum Gasteiger partial charge on any atom is 0.243 e. The Morgan fingerprint density at radius 1 is 1.03 bits per heavy atom. The van der Waals surface area contributed by atoms with E-state index in [4.69, 9.17) is 0 Å². The van der Waals surface area contributed by atoms with Crippen molar-refractivity contribution in [3.8, 4) is 0 Å². The summed E-state index contributed by atoms with van der Waals surface area (Å²) in [5, 5.41) is 3.10. The lowest BCUT2D eigenvalue weighted by Crippen LogP contribution is -2.52. The highest BCUT2D eigenvalue weighted by Gasteiger charge is 2.30. The van der Waals surface area contributed by atoms with Crippen LogP contribution in [0.3, 0.4) is 0 Å². The molecule has 10 heteroatoms. The Morgan fingerprint density at radius 3 is 2.32 bits per heavy atom. The smallest absolute Gasteiger partial charge is 0.243 e. The van der Waals surface area contributed by atoms with Crippen LogP contribution in [0.4, 0.5) is 14.5 Å². The van der Waals surface area contributed by atoms with E-state index in [2.05, 4.69) is 5.32 Å². The molecule has 208 valence electrons. The number of benzene rings is 2. The number of halogens is 2. The zero-order chi connectivity index (χ0) is 27.7. The molecular formula is C28H37F2N3O4S. The molecule has 1 aliphatic carbocycles. The molecule has 1 N–H and O–H groups in total. The van der Waals surface area contributed by atoms with E-state index < -0.39 is 27.7 Å². The monoisotopic (exact) mass is 549 g/mol. The number of carbonyl (C=O) groups excluding carboxylic acids is 2. The second kappa shape index (κ2) is 13.7. The van der Waals surface area contributed by atoms with Crippen LogP contribution in [0.2, 0.25) is 0 Å². The molecule has 0 aromatic heterocycles. The number of rotatable bonds is 13. The van der Waals surface area contributed by atoms with Gasteiger partial charge in [0.2, 0.25) is 21.8 Å². The van der Waals surface area contributed by atoms with E-state index in [1.807, 2.05) is 37.3 Å². The van der Waals surface area contributed by atoms with Gasteiger partial charge < -0.3 is 10.2 Å². The molecule has 1 aliphatic rings. The molecule has 38 heavy (non-hydrogen) atoms. The minimum atomic E-state index is -3.80. The summed E-state index contributed by atoms with van der Waals surface area (Å²) in [5.74, 6) is -2.65. The van der Waals surface area contributed by atoms with Crippen LogP contribution in [-0.4, -0.2) is 56.6 Å². The minimum Gasteiger partial charge on any atom is -0.352 e. The summed E-state index contributed by atoms with van der Waals surface area (Å²) in [6, 6.07) is 12.1. The van der Waals surface area contributed by atoms with Crippen LogP contribution in [0.5, 0.6) is 0 Å². The SMILES string of the molecule is CC[C@H](C(=O)NC1CCCC1)N(CCc1ccccc1)C(=O)CCCN(c1ccc(F)c(F)c1)S(C)(=O)=O. The fourth-order valence-electron chi connectivity index (χ4n) is 4.91. The molecule has 2 aromatic carbocycles. The molecule has 0 spiro atoms. The fourth-order valence-corrected chi connectivity index (χ4v) is 5.86. The zero-order valence-electron chi connectivity index (χ0n) is 22.0. The van der Waals surface area contributed by atoms with Gasteiger partial charge in [-0.3, -0.25) is 13.9 Å². The highest BCUT2D eigenvalue weighted by Crippen LogP contribution is 2.22. The van der Waals surface area contributed by atoms with Gasteiger partial charge in [0.05, 0.1) is 11.9 Å². The number of nitrogens with zero attached hydrogens (tertiary/aromatic N) is 2. The van der Waals surface area contributed by atoms with E-state index >= 15 is 0 Å². The molecule has 1 fully saturated rings. The maximum atomic E-state index is 13.8. The highest BCUT2D eigenvalue weighted by molar-refractivity contribution is 7.92. The standard InChI is InChI=1S/C28H37F2N3O4S/c1-3-26(28(35)31-22-12-7-8-13-22)32(19-17-21-10-5-4-6-11-21)27(34)14-9-18-33(38(2,36)37)23-15-16-24(29)25(30)20-23/h4-6,10-11,15-16,20,22,26H,3,7-9,12-14,17-19H2,1-2H3,(H,31,35)/t26-/m1/s1. The Kier molecular flexibility index (Phi) is 10.6. The van der Waals surface area contributed by atoms with Gasteiger partial charge in [0.15, 0.2) is 11.6 Å². The van der Waals surface area contributed by atoms with Crippen molar-refractivity contribution in [2.24, 2.45) is 0 Å². The van der Waals surface area contributed by atoms with Gasteiger partial charge in [0, 0.05) is 31.6 Å². The second-order valence-corrected chi connectivity index (χ2v) is 11.7. The second-order valence-electron chi connectivity index (χ2n) is 9.77. The number of anilines is 1. The summed E-state index contributed by atoms with van der Waals surface area (Å²) in [6.07, 6.45) is 6.17. The molecule has 2 aromatic rings. The molecule has 2 amide bonds. The highest BCUT2D eigenvalue weighted by atomic mass is 32.2. The minimum absolute atomic E-state index is 0.00229. The topological polar surface area (TPSA) is 86.8 Å². The molecule has 0 radical (unpaired) electrons. The van der Waals surface area contributed by atoms with Crippen LogP contribution < -0.4 is 9.62 Å². The third-order valence-corrected chi connectivity index (χ3v) is 8.11. The van der Waals surface area contributed by atoms with Crippen molar-refractivity contribution >= 4 is 27.5 Å². The Balaban J connectivity index is 1.72. The van der Waals surface area contributed by atoms with Crippen molar-refractivity contribution in [3.63, 3.8) is 0 Å². The molecule has 3 rings (SSSR count). The summed E-state index contributed by atoms with van der Waals surface area (Å²) < 4.78 is 52.8. The Hall–Kier alpha value is -3.01. The molecule has 1 saturated carbocycles. The van der Waals surface area contributed by atoms with Gasteiger partial charge in [-0.15, -0.1) is 0 Å². The molecular weight excluding hydrogens is 512 g/mol. The normalized spacial score (nSPS) is 14.7. The quantitative estimate of drug-likeness (QED) is 0.401. The first-order valence-electron chi connectivity index (χ1n) is 13.2. The molecule has 1 atom stereocenters. The fraction of sp³-hybridized carbons (Fsp3) is 0.500. The number of hydrogen-bond donors (Lipinski definition) is 1. The zero-order valence-corrected chi connectivity index (χ0v) is 22.9. The van der Waals surface area contributed by atoms with E-state index in [1.165, 1.54) is 6.07 Å². The van der Waals surface area contributed by atoms with E-state index in [9.17, 15) is 26.8 Å². The van der Waals surface area contributed by atoms with Gasteiger partial charge in [-0.1, -0.05) is 50.1 Å². The third-order valence-electron chi connectivity index (χ3n) is 6.92. The first kappa shape index (κ1) is 29.5. The van der Waals surface area contributed by atoms with Crippen molar-refractivity contribution in [2.45, 2.75) is 70.4 Å². The first-order chi connectivity index (χ1) is 18.1. The predicted octanol–water partition coefficient (Wildman–Crippen LogP) is 4.42. The molecule has 7 nitrogen and oxygen atoms in total. The third kappa shape index (κ3) is 8.24. The molecule has 0 saturated heterocycles. The van der Waals surface area contributed by atoms with Gasteiger partial charge in [0.25, 0.3) is 0 Å². The molecule has 0 heterocycles. The van der Waals surface area contributed by atoms with Crippen LogP contribution in [0.1, 0.15) is 57.4 Å². The van der Waals surface area contributed by atoms with E-state index in [0.29, 0.717) is 19.4 Å². The van der Waals surface area contributed by atoms with Gasteiger partial charge in [-0.25, -0.2) is 17.2 Å². The Bertz CT molecular complexity index is 1190. The van der Waals surface area contributed by atoms with Gasteiger partial charge in [-0.05, 0) is 49.8 Å². The Morgan fingerprint density at radius 2 is 1.71 bits per heavy atom. The largest absolute Gasteiger partial charge is 0.352 e. The summed E-state index contributed by atoms with van der Waals surface area (Å²) in [6.45, 7) is 2.13. The first-order valence-corrected chi connectivity index (χ1v) is 15.0. The lowest BCUT2D eigenvalue weighted by Gasteiger charge is -2.32. The van der Waals surface area contributed by atoms with Crippen LogP contribution in [-0.2, 0) is 26.0 Å². The lowest BCUT2D eigenvalue weighted by molar-refractivity contribution is -0.141. The maximum absolute atomic E-state index is 13.8. The number of hydrogen-bond acceptors (Lipinski definition) is 4. The summed E-state index contributed by atoms with van der Waals surface area (Å²) in [5.41, 5.74) is 1.03. The predicted molar refractivity (Wildman–Crippen MR) is 144 cm³/mol. The average Bonchev–Trinajstić information content (AvgIpc) is 3.39. The molecule has 0 unspecified atom stereocenters. The van der Waals surface area contributed by atoms with Gasteiger partial charge in [0.1, 0.15) is 6.04 Å². The van der Waals surface area contributed by atoms with Crippen LogP contribution in [0.15, 0.2) is 48.5 Å². The van der Waals surface area contributed by atoms with Crippen molar-refractivity contribution in [1.29, 1.82) is 0 Å². The van der Waals surface area contributed by atoms with Gasteiger partial charge in [-0.2, -0.15) is 0 Å². The van der Waals surface area contributed by atoms with E-state index in [-0.39, 0.29) is 42.9 Å². The van der Waals surface area contributed by atoms with E-state index in [0.717, 1.165) is 53.9 Å². The summed E-state index contributed by atoms with van der Waals surface area (Å²) in [7, 11) is -3.80. The average molecular weight is 550 g/mol. The lowest BCUT2D eigenvalue weighted by atomic mass is 10.1. The summed E-state index contributed by atoms with van der Waals surface area (Å²) in [4.78, 5) is 28.2. The van der Waals surface area contributed by atoms with Crippen molar-refractivity contribution in [1.82, 2.24) is 10.2 Å². The number of nitrogens with one attached hydrogen (secondary N) is 1. The van der Waals surface area contributed by atoms with Crippen molar-refractivity contribution < 1.29 is 26.8 Å². The number of amides is 2. The molecule has 0 bridgehead atoms. The summed E-state index contributed by atoms with van der Waals surface area (Å²) >= 11 is 0. The Labute approximate surface area is 224 Å². The van der Waals surface area contributed by atoms with Crippen LogP contribution >= 0.6 is 0 Å². The van der Waals surface area contributed by atoms with Crippen molar-refractivity contribution in [3.05, 3.63) is 65.7 Å². The van der Waals surface area contributed by atoms with Crippen molar-refractivity contribution in [2.75, 3.05) is 23.7 Å².